The van der Waals surface area contributed by atoms with Crippen LogP contribution in [0.15, 0.2) is 42.5 Å². The Hall–Kier alpha value is -1.43. The molecule has 0 atom stereocenters. The van der Waals surface area contributed by atoms with Gasteiger partial charge in [-0.1, -0.05) is 64.8 Å². The number of carbonyl (C=O) groups excluding carboxylic acids is 1. The first kappa shape index (κ1) is 35.6. The van der Waals surface area contributed by atoms with Crippen LogP contribution in [0.4, 0.5) is 0 Å². The first-order valence-electron chi connectivity index (χ1n) is 13.8. The van der Waals surface area contributed by atoms with Gasteiger partial charge in [0.1, 0.15) is 5.75 Å². The maximum absolute atomic E-state index is 14.1. The molecule has 0 unspecified atom stereocenters. The Morgan fingerprint density at radius 2 is 1.36 bits per heavy atom. The van der Waals surface area contributed by atoms with Crippen LogP contribution in [-0.4, -0.2) is 40.6 Å². The van der Waals surface area contributed by atoms with E-state index in [4.69, 9.17) is 8.85 Å². The van der Waals surface area contributed by atoms with E-state index in [-0.39, 0.29) is 34.8 Å². The van der Waals surface area contributed by atoms with Crippen LogP contribution in [-0.2, 0) is 9.96 Å². The van der Waals surface area contributed by atoms with Gasteiger partial charge < -0.3 is 13.8 Å². The van der Waals surface area contributed by atoms with E-state index in [1.54, 1.807) is 0 Å². The number of hydrogen-bond acceptors (Lipinski definition) is 3. The van der Waals surface area contributed by atoms with Crippen LogP contribution >= 0.6 is 0 Å². The van der Waals surface area contributed by atoms with Gasteiger partial charge in [0.2, 0.25) is 8.32 Å². The molecule has 39 heavy (non-hydrogen) atoms. The molecule has 0 aliphatic rings. The van der Waals surface area contributed by atoms with Crippen LogP contribution in [0.5, 0.6) is 5.75 Å². The molecular formula is C32H52LiNO3Si2. The second-order valence-corrected chi connectivity index (χ2v) is 23.7. The van der Waals surface area contributed by atoms with Crippen LogP contribution in [0.2, 0.25) is 36.3 Å². The van der Waals surface area contributed by atoms with Crippen molar-refractivity contribution in [2.75, 3.05) is 13.2 Å². The van der Waals surface area contributed by atoms with Gasteiger partial charge in [-0.3, -0.25) is 4.79 Å². The maximum Gasteiger partial charge on any atom is 1.00 e. The molecular weight excluding hydrogens is 509 g/mol. The molecule has 0 N–H and O–H groups in total. The molecule has 0 aromatic heterocycles. The van der Waals surface area contributed by atoms with Crippen molar-refractivity contribution in [1.29, 1.82) is 0 Å². The van der Waals surface area contributed by atoms with Gasteiger partial charge in [0.25, 0.3) is 0 Å². The molecule has 2 rings (SSSR count). The van der Waals surface area contributed by atoms with Gasteiger partial charge in [0.05, 0.1) is 12.1 Å². The third kappa shape index (κ3) is 8.53. The summed E-state index contributed by atoms with van der Waals surface area (Å²) in [4.78, 5) is 16.0. The zero-order chi connectivity index (χ0) is 29.3. The van der Waals surface area contributed by atoms with Gasteiger partial charge in [-0.25, -0.2) is 0 Å². The van der Waals surface area contributed by atoms with Crippen molar-refractivity contribution in [3.63, 3.8) is 0 Å². The zero-order valence-electron chi connectivity index (χ0n) is 27.3. The summed E-state index contributed by atoms with van der Waals surface area (Å²) in [5.41, 5.74) is 2.91. The minimum atomic E-state index is -1.95. The van der Waals surface area contributed by atoms with Gasteiger partial charge in [0, 0.05) is 6.54 Å². The quantitative estimate of drug-likeness (QED) is 0.280. The van der Waals surface area contributed by atoms with Gasteiger partial charge in [0.15, 0.2) is 14.2 Å². The fourth-order valence-electron chi connectivity index (χ4n) is 3.81. The average molecular weight is 562 g/mol. The number of benzene rings is 2. The Morgan fingerprint density at radius 1 is 0.846 bits per heavy atom. The van der Waals surface area contributed by atoms with E-state index in [1.807, 2.05) is 42.2 Å². The summed E-state index contributed by atoms with van der Waals surface area (Å²) in [6, 6.07) is 14.1. The van der Waals surface area contributed by atoms with Gasteiger partial charge >= 0.3 is 18.9 Å². The minimum Gasteiger partial charge on any atom is -0.544 e. The summed E-state index contributed by atoms with van der Waals surface area (Å²) in [6.07, 6.45) is 0. The van der Waals surface area contributed by atoms with Gasteiger partial charge in [-0.05, 0) is 74.7 Å². The van der Waals surface area contributed by atoms with Crippen LogP contribution in [0.3, 0.4) is 0 Å². The van der Waals surface area contributed by atoms with Crippen molar-refractivity contribution < 1.29 is 32.5 Å². The summed E-state index contributed by atoms with van der Waals surface area (Å²) in [7, 11) is -3.89. The Labute approximate surface area is 253 Å². The van der Waals surface area contributed by atoms with Crippen molar-refractivity contribution >= 4 is 22.5 Å². The van der Waals surface area contributed by atoms with Crippen molar-refractivity contribution in [2.45, 2.75) is 104 Å². The predicted molar refractivity (Wildman–Crippen MR) is 167 cm³/mol. The van der Waals surface area contributed by atoms with Crippen LogP contribution in [0, 0.1) is 13.8 Å². The van der Waals surface area contributed by atoms with Crippen molar-refractivity contribution in [3.8, 4) is 5.75 Å². The van der Waals surface area contributed by atoms with E-state index in [9.17, 15) is 4.79 Å². The number of aryl methyl sites for hydroxylation is 1. The molecule has 0 aliphatic carbocycles. The number of rotatable bonds is 9. The SMILES string of the molecule is [CH2-]c1ccc(C)cc1C(=O)N(CCO[Si](C)(C)C(C)(C)C)C(C)(C)c1ccc(O[Si](C)(C)C(C)(C)C)cc1.[Li+]. The van der Waals surface area contributed by atoms with E-state index in [1.165, 1.54) is 0 Å². The van der Waals surface area contributed by atoms with Crippen molar-refractivity contribution in [3.05, 3.63) is 71.6 Å². The summed E-state index contributed by atoms with van der Waals surface area (Å²) >= 11 is 0. The third-order valence-electron chi connectivity index (χ3n) is 8.74. The second-order valence-electron chi connectivity index (χ2n) is 14.2. The zero-order valence-corrected chi connectivity index (χ0v) is 29.3. The molecule has 0 aliphatic heterocycles. The van der Waals surface area contributed by atoms with Crippen molar-refractivity contribution in [2.24, 2.45) is 0 Å². The molecule has 2 aromatic carbocycles. The number of amides is 1. The second kappa shape index (κ2) is 12.6. The van der Waals surface area contributed by atoms with Crippen LogP contribution in [0.1, 0.15) is 82.4 Å². The van der Waals surface area contributed by atoms with Crippen molar-refractivity contribution in [1.82, 2.24) is 4.90 Å². The van der Waals surface area contributed by atoms with E-state index in [2.05, 4.69) is 101 Å². The minimum absolute atomic E-state index is 0. The monoisotopic (exact) mass is 561 g/mol. The standard InChI is InChI=1S/C32H52NO3Si2.Li/c1-24-15-16-25(2)28(23-24)29(34)33(21-22-35-37(11,12)30(3,4)5)32(9,10)26-17-19-27(20-18-26)36-38(13,14)31(6,7)8;/h15-20,23H,2,21-22H2,1,3-14H3;/q-1;+1. The summed E-state index contributed by atoms with van der Waals surface area (Å²) in [6.45, 7) is 33.8. The molecule has 4 nitrogen and oxygen atoms in total. The van der Waals surface area contributed by atoms with E-state index >= 15 is 0 Å². The molecule has 2 aromatic rings. The predicted octanol–water partition coefficient (Wildman–Crippen LogP) is 5.96. The summed E-state index contributed by atoms with van der Waals surface area (Å²) < 4.78 is 13.0. The molecule has 1 amide bonds. The fraction of sp³-hybridized carbons (Fsp3) is 0.562. The average Bonchev–Trinajstić information content (AvgIpc) is 2.76. The number of nitrogens with zero attached hydrogens (tertiary/aromatic N) is 1. The Balaban J connectivity index is 0.00000760. The molecule has 0 radical (unpaired) electrons. The molecule has 0 heterocycles. The van der Waals surface area contributed by atoms with E-state index in [0.717, 1.165) is 22.4 Å². The van der Waals surface area contributed by atoms with Crippen LogP contribution < -0.4 is 23.3 Å². The van der Waals surface area contributed by atoms with Gasteiger partial charge in [-0.2, -0.15) is 18.6 Å². The first-order valence-corrected chi connectivity index (χ1v) is 19.6. The summed E-state index contributed by atoms with van der Waals surface area (Å²) in [5, 5.41) is 0.229. The largest absolute Gasteiger partial charge is 1.00 e. The topological polar surface area (TPSA) is 38.8 Å². The fourth-order valence-corrected chi connectivity index (χ4v) is 5.88. The Morgan fingerprint density at radius 3 is 1.85 bits per heavy atom. The van der Waals surface area contributed by atoms with Crippen LogP contribution in [0.25, 0.3) is 0 Å². The smallest absolute Gasteiger partial charge is 0.544 e. The summed E-state index contributed by atoms with van der Waals surface area (Å²) in [5.74, 6) is 0.859. The first-order chi connectivity index (χ1) is 17.1. The van der Waals surface area contributed by atoms with E-state index < -0.39 is 22.2 Å². The normalized spacial score (nSPS) is 13.1. The molecule has 0 fully saturated rings. The molecule has 212 valence electrons. The molecule has 7 heteroatoms. The molecule has 0 bridgehead atoms. The number of carbonyl (C=O) groups is 1. The molecule has 0 spiro atoms. The van der Waals surface area contributed by atoms with Gasteiger partial charge in [-0.15, -0.1) is 12.1 Å². The maximum atomic E-state index is 14.1. The molecule has 0 saturated heterocycles. The van der Waals surface area contributed by atoms with E-state index in [0.29, 0.717) is 18.7 Å². The number of hydrogen-bond donors (Lipinski definition) is 0. The third-order valence-corrected chi connectivity index (χ3v) is 17.6. The Kier molecular flexibility index (Phi) is 11.5. The molecule has 0 saturated carbocycles. The Bertz CT molecular complexity index is 1110.